The Hall–Kier alpha value is -2.39. The van der Waals surface area contributed by atoms with E-state index in [0.29, 0.717) is 74.4 Å². The third kappa shape index (κ3) is 10.8. The molecule has 14 heteroatoms. The van der Waals surface area contributed by atoms with Crippen LogP contribution in [0.15, 0.2) is 30.6 Å². The van der Waals surface area contributed by atoms with Gasteiger partial charge in [0.25, 0.3) is 0 Å². The zero-order chi connectivity index (χ0) is 33.1. The van der Waals surface area contributed by atoms with Gasteiger partial charge in [0.2, 0.25) is 0 Å². The second-order valence-corrected chi connectivity index (χ2v) is 14.0. The number of fused-ring (bicyclic) bond motifs is 1. The van der Waals surface area contributed by atoms with Gasteiger partial charge in [0.05, 0.1) is 6.61 Å². The predicted octanol–water partition coefficient (Wildman–Crippen LogP) is 6.27. The van der Waals surface area contributed by atoms with Crippen molar-refractivity contribution in [3.05, 3.63) is 41.7 Å². The van der Waals surface area contributed by atoms with Gasteiger partial charge in [-0.3, -0.25) is 4.79 Å². The molecule has 0 amide bonds. The van der Waals surface area contributed by atoms with E-state index in [1.807, 2.05) is 90.3 Å². The molecule has 0 saturated heterocycles. The number of allylic oxidation sites excluding steroid dienone is 1. The molecule has 4 atom stereocenters. The number of carbonyl (C=O) groups is 1. The van der Waals surface area contributed by atoms with Crippen LogP contribution in [0, 0.1) is 12.3 Å². The number of hydrogen-bond acceptors (Lipinski definition) is 11. The summed E-state index contributed by atoms with van der Waals surface area (Å²) in [7, 11) is -1.76. The summed E-state index contributed by atoms with van der Waals surface area (Å²) in [6.45, 7) is 18.6. The third-order valence-electron chi connectivity index (χ3n) is 6.51. The molecule has 244 valence electrons. The van der Waals surface area contributed by atoms with Gasteiger partial charge >= 0.3 is 169 Å². The molecular formula is C31H46N6O6PTl. The third-order valence-corrected chi connectivity index (χ3v) is 8.86. The monoisotopic (exact) mass is 834 g/mol. The number of carbonyl (C=O) groups excluding carboxylic acids is 1. The Bertz CT molecular complexity index is 1430. The van der Waals surface area contributed by atoms with Crippen molar-refractivity contribution in [3.63, 3.8) is 0 Å². The number of esters is 1. The summed E-state index contributed by atoms with van der Waals surface area (Å²) in [6, 6.07) is 5.20. The summed E-state index contributed by atoms with van der Waals surface area (Å²) >= 11 is 0.469. The maximum atomic E-state index is 12.8. The summed E-state index contributed by atoms with van der Waals surface area (Å²) in [5.41, 5.74) is 3.05. The normalized spacial score (nSPS) is 14.7. The molecule has 2 aromatic heterocycles. The minimum atomic E-state index is -1.76. The van der Waals surface area contributed by atoms with Crippen molar-refractivity contribution < 1.29 is 28.1 Å². The molecule has 0 saturated carbocycles. The second kappa shape index (κ2) is 17.5. The molecule has 0 spiro atoms. The minimum absolute atomic E-state index is 0.146. The number of ether oxygens (including phenoxy) is 3. The first-order valence-electron chi connectivity index (χ1n) is 15.2. The molecule has 3 aromatic rings. The fourth-order valence-electron chi connectivity index (χ4n) is 4.12. The molecule has 1 aromatic carbocycles. The zero-order valence-electron chi connectivity index (χ0n) is 27.8. The fourth-order valence-corrected chi connectivity index (χ4v) is 5.87. The van der Waals surface area contributed by atoms with Crippen molar-refractivity contribution in [2.24, 2.45) is 5.41 Å². The van der Waals surface area contributed by atoms with E-state index >= 15 is 0 Å². The molecule has 4 unspecified atom stereocenters. The number of hydrogen-bond donors (Lipinski definition) is 2. The molecule has 0 radical (unpaired) electrons. The Morgan fingerprint density at radius 1 is 1.20 bits per heavy atom. The molecular weight excluding hydrogens is 788 g/mol. The number of aromatic nitrogens is 4. The quantitative estimate of drug-likeness (QED) is 0.0908. The van der Waals surface area contributed by atoms with E-state index in [1.54, 1.807) is 13.3 Å². The van der Waals surface area contributed by atoms with E-state index in [-0.39, 0.29) is 24.1 Å². The van der Waals surface area contributed by atoms with Gasteiger partial charge in [-0.25, -0.2) is 0 Å². The molecule has 45 heavy (non-hydrogen) atoms. The Kier molecular flexibility index (Phi) is 14.4. The zero-order valence-corrected chi connectivity index (χ0v) is 33.2. The van der Waals surface area contributed by atoms with E-state index in [9.17, 15) is 4.79 Å². The average molecular weight is 834 g/mol. The Labute approximate surface area is 284 Å². The first-order valence-corrected chi connectivity index (χ1v) is 18.6. The summed E-state index contributed by atoms with van der Waals surface area (Å²) in [5.74, 6) is 1.22. The van der Waals surface area contributed by atoms with Gasteiger partial charge in [0.15, 0.2) is 0 Å². The average Bonchev–Trinajstić information content (AvgIpc) is 3.43. The van der Waals surface area contributed by atoms with Crippen LogP contribution in [0.1, 0.15) is 79.2 Å². The maximum absolute atomic E-state index is 12.8. The molecule has 12 nitrogen and oxygen atoms in total. The molecule has 0 aliphatic carbocycles. The van der Waals surface area contributed by atoms with E-state index in [2.05, 4.69) is 23.2 Å². The fraction of sp³-hybridized carbons (Fsp3) is 0.548. The number of anilines is 1. The molecule has 0 aliphatic rings. The number of rotatable bonds is 17. The molecule has 2 heterocycles. The van der Waals surface area contributed by atoms with E-state index in [0.717, 1.165) is 11.1 Å². The van der Waals surface area contributed by atoms with E-state index in [4.69, 9.17) is 23.3 Å². The number of nitrogens with zero attached hydrogens (tertiary/aromatic N) is 4. The van der Waals surface area contributed by atoms with Crippen LogP contribution in [0.5, 0.6) is 11.6 Å². The number of imidazole rings is 1. The number of nitrogens with one attached hydrogen (secondary N) is 2. The second-order valence-electron chi connectivity index (χ2n) is 11.7. The van der Waals surface area contributed by atoms with Crippen LogP contribution in [0.25, 0.3) is 17.2 Å². The van der Waals surface area contributed by atoms with Crippen LogP contribution in [0.4, 0.5) is 5.95 Å². The van der Waals surface area contributed by atoms with E-state index < -0.39 is 20.8 Å². The molecule has 0 fully saturated rings. The van der Waals surface area contributed by atoms with Crippen LogP contribution >= 0.6 is 8.53 Å². The van der Waals surface area contributed by atoms with Crippen LogP contribution in [0.3, 0.4) is 0 Å². The molecule has 3 rings (SSSR count). The molecule has 0 bridgehead atoms. The Morgan fingerprint density at radius 3 is 2.60 bits per heavy atom. The topological polar surface area (TPSA) is 131 Å². The van der Waals surface area contributed by atoms with Gasteiger partial charge in [-0.1, -0.05) is 45.1 Å². The van der Waals surface area contributed by atoms with Crippen molar-refractivity contribution in [1.82, 2.24) is 24.6 Å². The summed E-state index contributed by atoms with van der Waals surface area (Å²) in [5, 5.41) is 3.22. The Balaban J connectivity index is 1.79. The van der Waals surface area contributed by atoms with Crippen LogP contribution in [0.2, 0.25) is 0 Å². The van der Waals surface area contributed by atoms with Gasteiger partial charge in [0, 0.05) is 5.56 Å². The SMILES string of the molecule is C/C=C\c1c(C)cccc1OP(NC(C)C(=O)OCC(C)(C)C)OCC(CC)OC(C)n1cnc2c(OCC)nc([NH][Tl])nc21. The summed E-state index contributed by atoms with van der Waals surface area (Å²) in [6.07, 6.45) is 5.60. The number of benzene rings is 1. The van der Waals surface area contributed by atoms with Gasteiger partial charge in [0.1, 0.15) is 11.8 Å². The van der Waals surface area contributed by atoms with Crippen molar-refractivity contribution in [3.8, 4) is 11.6 Å². The van der Waals surface area contributed by atoms with Crippen molar-refractivity contribution in [2.75, 3.05) is 22.9 Å². The van der Waals surface area contributed by atoms with Crippen molar-refractivity contribution in [2.45, 2.75) is 87.1 Å². The van der Waals surface area contributed by atoms with Crippen LogP contribution < -0.4 is 17.5 Å². The van der Waals surface area contributed by atoms with Gasteiger partial charge < -0.3 is 4.74 Å². The summed E-state index contributed by atoms with van der Waals surface area (Å²) < 4.78 is 35.4. The molecule has 0 aliphatic heterocycles. The first-order chi connectivity index (χ1) is 21.4. The van der Waals surface area contributed by atoms with Gasteiger partial charge in [-0.15, -0.1) is 0 Å². The number of aryl methyl sites for hydroxylation is 1. The van der Waals surface area contributed by atoms with Crippen molar-refractivity contribution in [1.29, 1.82) is 0 Å². The van der Waals surface area contributed by atoms with Gasteiger partial charge in [-0.05, 0) is 37.8 Å². The van der Waals surface area contributed by atoms with Gasteiger partial charge in [-0.2, -0.15) is 0 Å². The summed E-state index contributed by atoms with van der Waals surface area (Å²) in [4.78, 5) is 26.4. The Morgan fingerprint density at radius 2 is 1.96 bits per heavy atom. The predicted molar refractivity (Wildman–Crippen MR) is 178 cm³/mol. The first kappa shape index (κ1) is 37.1. The van der Waals surface area contributed by atoms with Crippen LogP contribution in [-0.4, -0.2) is 83.5 Å². The van der Waals surface area contributed by atoms with E-state index in [1.165, 1.54) is 0 Å². The molecule has 2 N–H and O–H groups in total. The standard InChI is InChI=1S/C31H46N6O6P.Tl/c1-10-14-24-20(4)15-13-16-25(24)43-44(36-21(5)29(38)40-18-31(7,8)9)41-17-23(11-2)42-22(6)37-19-33-26-27(37)34-30(32)35-28(26)39-12-3;/h10,13-16,19,21-23,36H,11-12,17-18H2,1-9H3,(H-,32,34,35);/q-1;+1/b14-10-;. The van der Waals surface area contributed by atoms with Crippen LogP contribution in [-0.2, 0) is 18.8 Å². The van der Waals surface area contributed by atoms with Crippen molar-refractivity contribution >= 4 is 63.7 Å².